The molecule has 130 valence electrons. The molecule has 1 aliphatic rings. The fraction of sp³-hybridized carbons (Fsp3) is 0.300. The number of hydrogen-bond acceptors (Lipinski definition) is 2. The Balaban J connectivity index is 1.71. The molecule has 2 aromatic rings. The van der Waals surface area contributed by atoms with Crippen LogP contribution in [0.2, 0.25) is 0 Å². The second-order valence-corrected chi connectivity index (χ2v) is 6.35. The largest absolute Gasteiger partial charge is 0.465 e. The van der Waals surface area contributed by atoms with E-state index in [-0.39, 0.29) is 11.9 Å². The van der Waals surface area contributed by atoms with E-state index in [1.54, 1.807) is 4.90 Å². The Kier molecular flexibility index (Phi) is 5.33. The fourth-order valence-electron chi connectivity index (χ4n) is 3.24. The minimum absolute atomic E-state index is 0.0881. The number of hydrogen-bond donors (Lipinski definition) is 1. The molecule has 1 fully saturated rings. The topological polar surface area (TPSA) is 60.9 Å². The maximum absolute atomic E-state index is 12.3. The average Bonchev–Trinajstić information content (AvgIpc) is 2.63. The molecule has 0 unspecified atom stereocenters. The molecule has 1 heterocycles. The molecular formula is C20H22N2O3. The number of likely N-dealkylation sites (tertiary alicyclic amines) is 1. The number of carbonyl (C=O) groups is 2. The van der Waals surface area contributed by atoms with Gasteiger partial charge in [0.1, 0.15) is 0 Å². The maximum atomic E-state index is 12.3. The highest BCUT2D eigenvalue weighted by atomic mass is 16.4. The first kappa shape index (κ1) is 17.0. The van der Waals surface area contributed by atoms with E-state index in [2.05, 4.69) is 0 Å². The van der Waals surface area contributed by atoms with Crippen LogP contribution in [0.15, 0.2) is 60.7 Å². The van der Waals surface area contributed by atoms with Crippen LogP contribution in [0.5, 0.6) is 0 Å². The van der Waals surface area contributed by atoms with E-state index in [4.69, 9.17) is 0 Å². The number of carboxylic acid groups (broad SMARTS) is 1. The van der Waals surface area contributed by atoms with Gasteiger partial charge in [-0.25, -0.2) is 4.79 Å². The number of nitrogens with zero attached hydrogens (tertiary/aromatic N) is 2. The summed E-state index contributed by atoms with van der Waals surface area (Å²) in [5.74, 6) is 0.0881. The van der Waals surface area contributed by atoms with Crippen LogP contribution in [0, 0.1) is 0 Å². The van der Waals surface area contributed by atoms with Crippen LogP contribution in [0.25, 0.3) is 0 Å². The lowest BCUT2D eigenvalue weighted by Crippen LogP contribution is -2.51. The number of rotatable bonds is 5. The van der Waals surface area contributed by atoms with Crippen LogP contribution in [0.1, 0.15) is 24.0 Å². The number of carbonyl (C=O) groups excluding carboxylic acids is 1. The molecule has 0 aliphatic carbocycles. The highest BCUT2D eigenvalue weighted by molar-refractivity contribution is 5.77. The van der Waals surface area contributed by atoms with E-state index in [9.17, 15) is 14.7 Å². The summed E-state index contributed by atoms with van der Waals surface area (Å²) in [5, 5.41) is 9.65. The van der Waals surface area contributed by atoms with Crippen molar-refractivity contribution in [1.82, 2.24) is 9.80 Å². The molecule has 1 saturated heterocycles. The summed E-state index contributed by atoms with van der Waals surface area (Å²) in [6, 6.07) is 19.2. The Morgan fingerprint density at radius 1 is 1.04 bits per heavy atom. The molecule has 25 heavy (non-hydrogen) atoms. The molecule has 5 heteroatoms. The Hall–Kier alpha value is -2.82. The zero-order chi connectivity index (χ0) is 17.6. The predicted molar refractivity (Wildman–Crippen MR) is 94.9 cm³/mol. The highest BCUT2D eigenvalue weighted by Crippen LogP contribution is 2.21. The molecule has 2 amide bonds. The van der Waals surface area contributed by atoms with Crippen molar-refractivity contribution < 1.29 is 14.7 Å². The Morgan fingerprint density at radius 2 is 1.64 bits per heavy atom. The molecule has 0 bridgehead atoms. The van der Waals surface area contributed by atoms with Crippen LogP contribution in [-0.4, -0.2) is 39.5 Å². The molecular weight excluding hydrogens is 316 g/mol. The molecule has 1 N–H and O–H groups in total. The number of piperidine rings is 1. The van der Waals surface area contributed by atoms with Crippen molar-refractivity contribution in [1.29, 1.82) is 0 Å². The van der Waals surface area contributed by atoms with Crippen LogP contribution >= 0.6 is 0 Å². The predicted octanol–water partition coefficient (Wildman–Crippen LogP) is 3.36. The fourth-order valence-corrected chi connectivity index (χ4v) is 3.24. The van der Waals surface area contributed by atoms with Gasteiger partial charge in [0.05, 0.1) is 6.04 Å². The molecule has 0 saturated carbocycles. The van der Waals surface area contributed by atoms with Gasteiger partial charge in [-0.15, -0.1) is 0 Å². The first-order chi connectivity index (χ1) is 12.1. The van der Waals surface area contributed by atoms with Crippen LogP contribution in [0.4, 0.5) is 4.79 Å². The first-order valence-electron chi connectivity index (χ1n) is 8.48. The van der Waals surface area contributed by atoms with Crippen molar-refractivity contribution in [2.24, 2.45) is 0 Å². The third-order valence-electron chi connectivity index (χ3n) is 4.57. The van der Waals surface area contributed by atoms with Crippen LogP contribution in [0.3, 0.4) is 0 Å². The Labute approximate surface area is 147 Å². The van der Waals surface area contributed by atoms with Crippen LogP contribution < -0.4 is 0 Å². The van der Waals surface area contributed by atoms with E-state index in [1.165, 1.54) is 4.90 Å². The van der Waals surface area contributed by atoms with E-state index in [0.717, 1.165) is 11.1 Å². The zero-order valence-electron chi connectivity index (χ0n) is 14.0. The van der Waals surface area contributed by atoms with Crippen molar-refractivity contribution in [2.75, 3.05) is 6.54 Å². The van der Waals surface area contributed by atoms with Gasteiger partial charge in [0.25, 0.3) is 0 Å². The van der Waals surface area contributed by atoms with Crippen molar-refractivity contribution in [2.45, 2.75) is 32.0 Å². The number of benzene rings is 2. The zero-order valence-corrected chi connectivity index (χ0v) is 14.0. The molecule has 2 aromatic carbocycles. The van der Waals surface area contributed by atoms with Crippen molar-refractivity contribution in [3.8, 4) is 0 Å². The Morgan fingerprint density at radius 3 is 2.24 bits per heavy atom. The standard InChI is InChI=1S/C20H22N2O3/c23-19-12-11-18(15-21(19)13-16-7-3-1-4-8-16)22(20(24)25)14-17-9-5-2-6-10-17/h1-10,18H,11-15H2,(H,24,25)/t18-/m0/s1. The quantitative estimate of drug-likeness (QED) is 0.909. The van der Waals surface area contributed by atoms with Crippen molar-refractivity contribution >= 4 is 12.0 Å². The monoisotopic (exact) mass is 338 g/mol. The normalized spacial score (nSPS) is 17.4. The van der Waals surface area contributed by atoms with Gasteiger partial charge in [-0.2, -0.15) is 0 Å². The second kappa shape index (κ2) is 7.83. The van der Waals surface area contributed by atoms with Crippen molar-refractivity contribution in [3.05, 3.63) is 71.8 Å². The smallest absolute Gasteiger partial charge is 0.407 e. The minimum Gasteiger partial charge on any atom is -0.465 e. The Bertz CT molecular complexity index is 718. The third-order valence-corrected chi connectivity index (χ3v) is 4.57. The minimum atomic E-state index is -0.942. The van der Waals surface area contributed by atoms with E-state index in [1.807, 2.05) is 60.7 Å². The van der Waals surface area contributed by atoms with Gasteiger partial charge in [0.15, 0.2) is 0 Å². The van der Waals surface area contributed by atoms with Gasteiger partial charge in [0, 0.05) is 26.1 Å². The van der Waals surface area contributed by atoms with Gasteiger partial charge in [-0.1, -0.05) is 60.7 Å². The van der Waals surface area contributed by atoms with Gasteiger partial charge < -0.3 is 10.0 Å². The molecule has 0 aromatic heterocycles. The lowest BCUT2D eigenvalue weighted by Gasteiger charge is -2.38. The molecule has 1 atom stereocenters. The van der Waals surface area contributed by atoms with Gasteiger partial charge in [0.2, 0.25) is 5.91 Å². The molecule has 1 aliphatic heterocycles. The van der Waals surface area contributed by atoms with Gasteiger partial charge >= 0.3 is 6.09 Å². The molecule has 3 rings (SSSR count). The third kappa shape index (κ3) is 4.38. The highest BCUT2D eigenvalue weighted by Gasteiger charge is 2.32. The van der Waals surface area contributed by atoms with Crippen molar-refractivity contribution in [3.63, 3.8) is 0 Å². The number of amides is 2. The lowest BCUT2D eigenvalue weighted by molar-refractivity contribution is -0.135. The molecule has 0 spiro atoms. The molecule has 0 radical (unpaired) electrons. The second-order valence-electron chi connectivity index (χ2n) is 6.35. The lowest BCUT2D eigenvalue weighted by atomic mass is 10.0. The summed E-state index contributed by atoms with van der Waals surface area (Å²) < 4.78 is 0. The van der Waals surface area contributed by atoms with E-state index >= 15 is 0 Å². The SMILES string of the molecule is O=C1CC[C@H](N(Cc2ccccc2)C(=O)O)CN1Cc1ccccc1. The van der Waals surface area contributed by atoms with E-state index < -0.39 is 6.09 Å². The summed E-state index contributed by atoms with van der Waals surface area (Å²) in [6.07, 6.45) is 0.0159. The summed E-state index contributed by atoms with van der Waals surface area (Å²) in [4.78, 5) is 27.3. The summed E-state index contributed by atoms with van der Waals surface area (Å²) in [7, 11) is 0. The van der Waals surface area contributed by atoms with Gasteiger partial charge in [-0.05, 0) is 17.5 Å². The van der Waals surface area contributed by atoms with E-state index in [0.29, 0.717) is 32.5 Å². The van der Waals surface area contributed by atoms with Crippen LogP contribution in [-0.2, 0) is 17.9 Å². The van der Waals surface area contributed by atoms with Gasteiger partial charge in [-0.3, -0.25) is 9.69 Å². The average molecular weight is 338 g/mol. The summed E-state index contributed by atoms with van der Waals surface area (Å²) >= 11 is 0. The first-order valence-corrected chi connectivity index (χ1v) is 8.48. The summed E-state index contributed by atoms with van der Waals surface area (Å²) in [6.45, 7) is 1.30. The molecule has 5 nitrogen and oxygen atoms in total. The summed E-state index contributed by atoms with van der Waals surface area (Å²) in [5.41, 5.74) is 2.01. The maximum Gasteiger partial charge on any atom is 0.407 e.